The van der Waals surface area contributed by atoms with Gasteiger partial charge in [-0.25, -0.2) is 0 Å². The maximum absolute atomic E-state index is 11.4. The van der Waals surface area contributed by atoms with Crippen LogP contribution in [-0.4, -0.2) is 11.8 Å². The van der Waals surface area contributed by atoms with Gasteiger partial charge in [-0.15, -0.1) is 0 Å². The number of ketones is 1. The fourth-order valence-corrected chi connectivity index (χ4v) is 1.34. The van der Waals surface area contributed by atoms with Crippen LogP contribution in [0.3, 0.4) is 0 Å². The Morgan fingerprint density at radius 1 is 1.69 bits per heavy atom. The molecule has 1 unspecified atom stereocenters. The summed E-state index contributed by atoms with van der Waals surface area (Å²) in [4.78, 5) is 11.0. The molecule has 0 amide bonds. The largest absolute Gasteiger partial charge is 1.00 e. The van der Waals surface area contributed by atoms with Crippen molar-refractivity contribution in [2.45, 2.75) is 26.3 Å². The molecule has 1 rings (SSSR count). The first-order valence-corrected chi connectivity index (χ1v) is 3.95. The minimum absolute atomic E-state index is 0. The molecule has 1 aliphatic heterocycles. The van der Waals surface area contributed by atoms with Crippen molar-refractivity contribution in [3.05, 3.63) is 23.6 Å². The molecule has 0 aromatic heterocycles. The SMILES string of the molecule is C=C1NC(CC)C([O-])=C1C(C)=O.[Na+]. The number of Topliss-reactive ketones (excluding diaryl/α,β-unsaturated/α-hetero) is 1. The average molecular weight is 189 g/mol. The second-order valence-corrected chi connectivity index (χ2v) is 2.88. The normalized spacial score (nSPS) is 21.1. The van der Waals surface area contributed by atoms with E-state index in [-0.39, 0.29) is 52.7 Å². The number of allylic oxidation sites excluding steroid dienone is 1. The van der Waals surface area contributed by atoms with E-state index >= 15 is 0 Å². The number of hydrogen-bond donors (Lipinski definition) is 1. The molecule has 3 nitrogen and oxygen atoms in total. The van der Waals surface area contributed by atoms with Crippen molar-refractivity contribution >= 4 is 5.78 Å². The number of rotatable bonds is 2. The molecule has 0 bridgehead atoms. The average Bonchev–Trinajstić information content (AvgIpc) is 2.25. The monoisotopic (exact) mass is 189 g/mol. The number of carbonyl (C=O) groups is 1. The van der Waals surface area contributed by atoms with Crippen molar-refractivity contribution in [1.82, 2.24) is 5.32 Å². The third kappa shape index (κ3) is 2.36. The number of carbonyl (C=O) groups excluding carboxylic acids is 1. The van der Waals surface area contributed by atoms with Crippen LogP contribution in [-0.2, 0) is 4.79 Å². The molecule has 0 aromatic rings. The molecule has 1 atom stereocenters. The molecule has 0 spiro atoms. The van der Waals surface area contributed by atoms with Gasteiger partial charge in [-0.3, -0.25) is 4.79 Å². The van der Waals surface area contributed by atoms with Crippen LogP contribution < -0.4 is 40.0 Å². The maximum Gasteiger partial charge on any atom is 1.00 e. The summed E-state index contributed by atoms with van der Waals surface area (Å²) in [6.45, 7) is 6.90. The van der Waals surface area contributed by atoms with Gasteiger partial charge in [0.2, 0.25) is 0 Å². The first kappa shape index (κ1) is 12.8. The minimum atomic E-state index is -0.239. The smallest absolute Gasteiger partial charge is 0.874 e. The molecular weight excluding hydrogens is 177 g/mol. The van der Waals surface area contributed by atoms with Crippen molar-refractivity contribution in [1.29, 1.82) is 0 Å². The summed E-state index contributed by atoms with van der Waals surface area (Å²) in [5, 5.41) is 14.3. The predicted molar refractivity (Wildman–Crippen MR) is 44.1 cm³/mol. The molecule has 4 heteroatoms. The van der Waals surface area contributed by atoms with Crippen LogP contribution >= 0.6 is 0 Å². The van der Waals surface area contributed by atoms with Crippen molar-refractivity contribution in [2.24, 2.45) is 0 Å². The van der Waals surface area contributed by atoms with Crippen molar-refractivity contribution in [3.8, 4) is 0 Å². The van der Waals surface area contributed by atoms with E-state index in [1.165, 1.54) is 6.92 Å². The number of hydrogen-bond acceptors (Lipinski definition) is 3. The van der Waals surface area contributed by atoms with Crippen LogP contribution in [0.5, 0.6) is 0 Å². The van der Waals surface area contributed by atoms with Gasteiger partial charge in [-0.2, -0.15) is 0 Å². The Bertz CT molecular complexity index is 271. The van der Waals surface area contributed by atoms with E-state index in [0.29, 0.717) is 12.1 Å². The Kier molecular flexibility index (Phi) is 4.75. The molecule has 1 N–H and O–H groups in total. The maximum atomic E-state index is 11.4. The van der Waals surface area contributed by atoms with Crippen LogP contribution in [0.1, 0.15) is 20.3 Å². The van der Waals surface area contributed by atoms with Crippen molar-refractivity contribution < 1.29 is 39.5 Å². The molecular formula is C9H12NNaO2. The third-order valence-electron chi connectivity index (χ3n) is 1.97. The van der Waals surface area contributed by atoms with E-state index < -0.39 is 0 Å². The predicted octanol–water partition coefficient (Wildman–Crippen LogP) is -2.91. The van der Waals surface area contributed by atoms with Crippen LogP contribution in [0.2, 0.25) is 0 Å². The Labute approximate surface area is 100 Å². The molecule has 0 aliphatic carbocycles. The summed E-state index contributed by atoms with van der Waals surface area (Å²) in [7, 11) is 0. The second kappa shape index (κ2) is 4.84. The van der Waals surface area contributed by atoms with Crippen LogP contribution in [0, 0.1) is 0 Å². The van der Waals surface area contributed by atoms with Crippen molar-refractivity contribution in [3.63, 3.8) is 0 Å². The molecule has 0 saturated heterocycles. The zero-order chi connectivity index (χ0) is 9.30. The second-order valence-electron chi connectivity index (χ2n) is 2.88. The van der Waals surface area contributed by atoms with E-state index in [4.69, 9.17) is 0 Å². The van der Waals surface area contributed by atoms with Gasteiger partial charge >= 0.3 is 29.6 Å². The quantitative estimate of drug-likeness (QED) is 0.474. The van der Waals surface area contributed by atoms with Crippen LogP contribution in [0.4, 0.5) is 0 Å². The zero-order valence-electron chi connectivity index (χ0n) is 8.31. The molecule has 0 aromatic carbocycles. The van der Waals surface area contributed by atoms with Gasteiger partial charge in [0.1, 0.15) is 0 Å². The van der Waals surface area contributed by atoms with Gasteiger partial charge in [-0.05, 0) is 13.3 Å². The van der Waals surface area contributed by atoms with Crippen LogP contribution in [0.25, 0.3) is 0 Å². The third-order valence-corrected chi connectivity index (χ3v) is 1.97. The van der Waals surface area contributed by atoms with Gasteiger partial charge in [-0.1, -0.05) is 19.3 Å². The van der Waals surface area contributed by atoms with E-state index in [1.54, 1.807) is 0 Å². The van der Waals surface area contributed by atoms with E-state index in [1.807, 2.05) is 6.92 Å². The summed E-state index contributed by atoms with van der Waals surface area (Å²) in [6.07, 6.45) is 0.689. The Balaban J connectivity index is 0.00000144. The Morgan fingerprint density at radius 3 is 2.46 bits per heavy atom. The first-order chi connectivity index (χ1) is 5.57. The van der Waals surface area contributed by atoms with Gasteiger partial charge < -0.3 is 10.4 Å². The molecule has 0 fully saturated rings. The van der Waals surface area contributed by atoms with Gasteiger partial charge in [0, 0.05) is 17.3 Å². The number of nitrogens with one attached hydrogen (secondary N) is 1. The first-order valence-electron chi connectivity index (χ1n) is 3.95. The summed E-state index contributed by atoms with van der Waals surface area (Å²) in [5.41, 5.74) is 0.709. The molecule has 1 heterocycles. The molecule has 0 saturated carbocycles. The topological polar surface area (TPSA) is 52.2 Å². The Hall–Kier alpha value is -0.250. The molecule has 1 aliphatic rings. The molecule has 66 valence electrons. The summed E-state index contributed by atoms with van der Waals surface area (Å²) in [6, 6.07) is -0.239. The summed E-state index contributed by atoms with van der Waals surface area (Å²) < 4.78 is 0. The molecule has 0 radical (unpaired) electrons. The molecule has 13 heavy (non-hydrogen) atoms. The Morgan fingerprint density at radius 2 is 2.23 bits per heavy atom. The standard InChI is InChI=1S/C9H13NO2.Na/c1-4-7-9(12)8(6(3)11)5(2)10-7;/h7,10,12H,2,4H2,1,3H3;/q;+1/p-1. The minimum Gasteiger partial charge on any atom is -0.874 e. The van der Waals surface area contributed by atoms with Gasteiger partial charge in [0.05, 0.1) is 0 Å². The van der Waals surface area contributed by atoms with E-state index in [0.717, 1.165) is 0 Å². The fourth-order valence-electron chi connectivity index (χ4n) is 1.34. The van der Waals surface area contributed by atoms with Crippen LogP contribution in [0.15, 0.2) is 23.6 Å². The fraction of sp³-hybridized carbons (Fsp3) is 0.444. The van der Waals surface area contributed by atoms with Gasteiger partial charge in [0.15, 0.2) is 5.78 Å². The van der Waals surface area contributed by atoms with Crippen molar-refractivity contribution in [2.75, 3.05) is 0 Å². The summed E-state index contributed by atoms with van der Waals surface area (Å²) >= 11 is 0. The van der Waals surface area contributed by atoms with E-state index in [9.17, 15) is 9.90 Å². The summed E-state index contributed by atoms with van der Waals surface area (Å²) in [5.74, 6) is -0.316. The van der Waals surface area contributed by atoms with E-state index in [2.05, 4.69) is 11.9 Å². The zero-order valence-corrected chi connectivity index (χ0v) is 10.3. The van der Waals surface area contributed by atoms with Gasteiger partial charge in [0.25, 0.3) is 0 Å².